The van der Waals surface area contributed by atoms with Crippen LogP contribution in [0, 0.1) is 0 Å². The molecule has 1 unspecified atom stereocenters. The Hall–Kier alpha value is -2.64. The van der Waals surface area contributed by atoms with E-state index in [2.05, 4.69) is 15.3 Å². The Morgan fingerprint density at radius 3 is 2.61 bits per heavy atom. The molecule has 0 aliphatic carbocycles. The van der Waals surface area contributed by atoms with Gasteiger partial charge < -0.3 is 10.2 Å². The lowest BCUT2D eigenvalue weighted by Gasteiger charge is -2.17. The number of hydrogen-bond acceptors (Lipinski definition) is 4. The number of anilines is 2. The fraction of sp³-hybridized carbons (Fsp3) is 0.267. The molecule has 23 heavy (non-hydrogen) atoms. The molecule has 3 rings (SSSR count). The van der Waals surface area contributed by atoms with Gasteiger partial charge in [0.2, 0.25) is 11.9 Å². The number of para-hydroxylation sites is 1. The third-order valence-electron chi connectivity index (χ3n) is 3.52. The summed E-state index contributed by atoms with van der Waals surface area (Å²) in [5, 5.41) is 2.69. The summed E-state index contributed by atoms with van der Waals surface area (Å²) in [6, 6.07) is 9.24. The maximum atomic E-state index is 12.6. The molecular formula is C15H13F3N4O. The highest BCUT2D eigenvalue weighted by Crippen LogP contribution is 2.28. The Bertz CT molecular complexity index is 705. The molecule has 2 aromatic rings. The van der Waals surface area contributed by atoms with Crippen LogP contribution in [0.15, 0.2) is 42.6 Å². The molecule has 1 saturated heterocycles. The molecule has 2 heterocycles. The predicted molar refractivity (Wildman–Crippen MR) is 77.9 cm³/mol. The smallest absolute Gasteiger partial charge is 0.342 e. The monoisotopic (exact) mass is 322 g/mol. The van der Waals surface area contributed by atoms with Crippen LogP contribution >= 0.6 is 0 Å². The summed E-state index contributed by atoms with van der Waals surface area (Å²) in [6.07, 6.45) is -3.06. The highest BCUT2D eigenvalue weighted by Gasteiger charge is 2.35. The van der Waals surface area contributed by atoms with E-state index in [4.69, 9.17) is 0 Å². The maximum Gasteiger partial charge on any atom is 0.433 e. The van der Waals surface area contributed by atoms with Gasteiger partial charge in [-0.25, -0.2) is 9.97 Å². The van der Waals surface area contributed by atoms with Gasteiger partial charge in [-0.2, -0.15) is 13.2 Å². The molecule has 0 saturated carbocycles. The SMILES string of the molecule is O=C1C(Nc2nccc(C(F)(F)F)n2)CCN1c1ccccc1. The molecule has 8 heteroatoms. The van der Waals surface area contributed by atoms with Crippen molar-refractivity contribution in [1.82, 2.24) is 9.97 Å². The minimum atomic E-state index is -4.55. The number of alkyl halides is 3. The number of benzene rings is 1. The van der Waals surface area contributed by atoms with Gasteiger partial charge in [-0.3, -0.25) is 4.79 Å². The molecule has 1 aromatic heterocycles. The molecule has 1 N–H and O–H groups in total. The van der Waals surface area contributed by atoms with E-state index in [1.807, 2.05) is 18.2 Å². The van der Waals surface area contributed by atoms with Crippen LogP contribution in [0.1, 0.15) is 12.1 Å². The first-order valence-corrected chi connectivity index (χ1v) is 6.98. The van der Waals surface area contributed by atoms with Gasteiger partial charge >= 0.3 is 6.18 Å². The Morgan fingerprint density at radius 1 is 1.17 bits per heavy atom. The van der Waals surface area contributed by atoms with Crippen molar-refractivity contribution in [2.24, 2.45) is 0 Å². The number of aromatic nitrogens is 2. The number of hydrogen-bond donors (Lipinski definition) is 1. The average molecular weight is 322 g/mol. The van der Waals surface area contributed by atoms with Crippen LogP contribution in [-0.4, -0.2) is 28.5 Å². The van der Waals surface area contributed by atoms with Gasteiger partial charge in [0.15, 0.2) is 0 Å². The Morgan fingerprint density at radius 2 is 1.91 bits per heavy atom. The third-order valence-corrected chi connectivity index (χ3v) is 3.52. The first-order valence-electron chi connectivity index (χ1n) is 6.98. The second kappa shape index (κ2) is 5.86. The van der Waals surface area contributed by atoms with Gasteiger partial charge in [-0.15, -0.1) is 0 Å². The van der Waals surface area contributed by atoms with E-state index in [1.54, 1.807) is 17.0 Å². The lowest BCUT2D eigenvalue weighted by molar-refractivity contribution is -0.141. The van der Waals surface area contributed by atoms with E-state index < -0.39 is 17.9 Å². The molecule has 1 fully saturated rings. The first kappa shape index (κ1) is 15.3. The molecule has 1 aliphatic heterocycles. The van der Waals surface area contributed by atoms with Crippen LogP contribution in [0.4, 0.5) is 24.8 Å². The van der Waals surface area contributed by atoms with Crippen LogP contribution in [0.5, 0.6) is 0 Å². The van der Waals surface area contributed by atoms with Crippen LogP contribution in [0.2, 0.25) is 0 Å². The molecule has 1 aliphatic rings. The van der Waals surface area contributed by atoms with E-state index in [-0.39, 0.29) is 11.9 Å². The summed E-state index contributed by atoms with van der Waals surface area (Å²) in [4.78, 5) is 21.1. The van der Waals surface area contributed by atoms with Crippen LogP contribution in [0.3, 0.4) is 0 Å². The first-order chi connectivity index (χ1) is 10.9. The van der Waals surface area contributed by atoms with Crippen molar-refractivity contribution in [3.63, 3.8) is 0 Å². The van der Waals surface area contributed by atoms with E-state index in [1.165, 1.54) is 0 Å². The van der Waals surface area contributed by atoms with Gasteiger partial charge in [0.25, 0.3) is 0 Å². The summed E-state index contributed by atoms with van der Waals surface area (Å²) in [5.41, 5.74) is -0.285. The fourth-order valence-electron chi connectivity index (χ4n) is 2.42. The largest absolute Gasteiger partial charge is 0.433 e. The number of carbonyl (C=O) groups is 1. The van der Waals surface area contributed by atoms with Gasteiger partial charge in [-0.05, 0) is 24.6 Å². The Labute approximate surface area is 130 Å². The second-order valence-corrected chi connectivity index (χ2v) is 5.07. The summed E-state index contributed by atoms with van der Waals surface area (Å²) < 4.78 is 37.9. The van der Waals surface area contributed by atoms with E-state index in [0.717, 1.165) is 18.0 Å². The van der Waals surface area contributed by atoms with Crippen molar-refractivity contribution in [2.75, 3.05) is 16.8 Å². The van der Waals surface area contributed by atoms with Crippen LogP contribution < -0.4 is 10.2 Å². The van der Waals surface area contributed by atoms with Crippen molar-refractivity contribution in [2.45, 2.75) is 18.6 Å². The zero-order valence-electron chi connectivity index (χ0n) is 11.9. The van der Waals surface area contributed by atoms with E-state index >= 15 is 0 Å². The van der Waals surface area contributed by atoms with Gasteiger partial charge in [0.05, 0.1) is 0 Å². The van der Waals surface area contributed by atoms with Gasteiger partial charge in [0.1, 0.15) is 11.7 Å². The summed E-state index contributed by atoms with van der Waals surface area (Å²) >= 11 is 0. The number of amides is 1. The lowest BCUT2D eigenvalue weighted by atomic mass is 10.2. The minimum absolute atomic E-state index is 0.201. The predicted octanol–water partition coefficient (Wildman–Crippen LogP) is 2.71. The summed E-state index contributed by atoms with van der Waals surface area (Å²) in [6.45, 7) is 0.486. The zero-order valence-corrected chi connectivity index (χ0v) is 11.9. The summed E-state index contributed by atoms with van der Waals surface area (Å²) in [5.74, 6) is -0.412. The third kappa shape index (κ3) is 3.25. The molecular weight excluding hydrogens is 309 g/mol. The minimum Gasteiger partial charge on any atom is -0.342 e. The molecule has 120 valence electrons. The second-order valence-electron chi connectivity index (χ2n) is 5.07. The molecule has 5 nitrogen and oxygen atoms in total. The van der Waals surface area contributed by atoms with Crippen molar-refractivity contribution < 1.29 is 18.0 Å². The molecule has 0 radical (unpaired) electrons. The number of carbonyl (C=O) groups excluding carboxylic acids is 1. The highest BCUT2D eigenvalue weighted by molar-refractivity contribution is 6.00. The van der Waals surface area contributed by atoms with Crippen LogP contribution in [-0.2, 0) is 11.0 Å². The molecule has 0 bridgehead atoms. The molecule has 1 atom stereocenters. The van der Waals surface area contributed by atoms with E-state index in [9.17, 15) is 18.0 Å². The maximum absolute atomic E-state index is 12.6. The average Bonchev–Trinajstić information content (AvgIpc) is 2.89. The Kier molecular flexibility index (Phi) is 3.89. The highest BCUT2D eigenvalue weighted by atomic mass is 19.4. The number of halogens is 3. The fourth-order valence-corrected chi connectivity index (χ4v) is 2.42. The van der Waals surface area contributed by atoms with Crippen molar-refractivity contribution in [1.29, 1.82) is 0 Å². The Balaban J connectivity index is 1.74. The zero-order chi connectivity index (χ0) is 16.4. The van der Waals surface area contributed by atoms with Crippen molar-refractivity contribution in [3.8, 4) is 0 Å². The van der Waals surface area contributed by atoms with Crippen molar-refractivity contribution >= 4 is 17.5 Å². The standard InChI is InChI=1S/C15H13F3N4O/c16-15(17,18)12-6-8-19-14(21-12)20-11-7-9-22(13(11)23)10-4-2-1-3-5-10/h1-6,8,11H,7,9H2,(H,19,20,21). The normalized spacial score (nSPS) is 18.3. The van der Waals surface area contributed by atoms with E-state index in [0.29, 0.717) is 13.0 Å². The van der Waals surface area contributed by atoms with Gasteiger partial charge in [0, 0.05) is 18.4 Å². The van der Waals surface area contributed by atoms with Crippen LogP contribution in [0.25, 0.3) is 0 Å². The number of rotatable bonds is 3. The molecule has 1 aromatic carbocycles. The lowest BCUT2D eigenvalue weighted by Crippen LogP contribution is -2.34. The van der Waals surface area contributed by atoms with Gasteiger partial charge in [-0.1, -0.05) is 18.2 Å². The van der Waals surface area contributed by atoms with Crippen molar-refractivity contribution in [3.05, 3.63) is 48.3 Å². The summed E-state index contributed by atoms with van der Waals surface area (Å²) in [7, 11) is 0. The number of nitrogens with one attached hydrogen (secondary N) is 1. The molecule has 1 amide bonds. The molecule has 0 spiro atoms. The topological polar surface area (TPSA) is 58.1 Å². The number of nitrogens with zero attached hydrogens (tertiary/aromatic N) is 3. The quantitative estimate of drug-likeness (QED) is 0.944.